The van der Waals surface area contributed by atoms with Crippen LogP contribution < -0.4 is 4.31 Å². The molecule has 0 radical (unpaired) electrons. The third-order valence-electron chi connectivity index (χ3n) is 3.47. The summed E-state index contributed by atoms with van der Waals surface area (Å²) in [5.74, 6) is -0.282. The van der Waals surface area contributed by atoms with E-state index in [2.05, 4.69) is 0 Å². The molecule has 0 spiro atoms. The SMILES string of the molecule is CN(c1ccc(C(=O)CC(=O)C2CC2)cc1Cl)S(C)(=O)=O. The third-order valence-corrected chi connectivity index (χ3v) is 4.97. The van der Waals surface area contributed by atoms with Crippen molar-refractivity contribution in [3.8, 4) is 0 Å². The molecule has 7 heteroatoms. The van der Waals surface area contributed by atoms with Gasteiger partial charge in [-0.1, -0.05) is 11.6 Å². The number of hydrogen-bond donors (Lipinski definition) is 0. The van der Waals surface area contributed by atoms with Gasteiger partial charge in [0.15, 0.2) is 5.78 Å². The van der Waals surface area contributed by atoms with Crippen LogP contribution >= 0.6 is 11.6 Å². The van der Waals surface area contributed by atoms with Gasteiger partial charge in [0.1, 0.15) is 5.78 Å². The summed E-state index contributed by atoms with van der Waals surface area (Å²) in [6, 6.07) is 4.37. The summed E-state index contributed by atoms with van der Waals surface area (Å²) in [6.45, 7) is 0. The molecule has 0 aliphatic heterocycles. The van der Waals surface area contributed by atoms with Gasteiger partial charge in [-0.3, -0.25) is 13.9 Å². The molecule has 0 bridgehead atoms. The van der Waals surface area contributed by atoms with E-state index >= 15 is 0 Å². The molecule has 5 nitrogen and oxygen atoms in total. The summed E-state index contributed by atoms with van der Waals surface area (Å²) in [4.78, 5) is 23.6. The van der Waals surface area contributed by atoms with Crippen LogP contribution in [0, 0.1) is 5.92 Å². The van der Waals surface area contributed by atoms with Crippen molar-refractivity contribution in [3.63, 3.8) is 0 Å². The van der Waals surface area contributed by atoms with Gasteiger partial charge in [-0.2, -0.15) is 0 Å². The van der Waals surface area contributed by atoms with Gasteiger partial charge in [-0.05, 0) is 31.0 Å². The van der Waals surface area contributed by atoms with Crippen LogP contribution in [-0.2, 0) is 14.8 Å². The van der Waals surface area contributed by atoms with E-state index in [-0.39, 0.29) is 28.9 Å². The van der Waals surface area contributed by atoms with Crippen LogP contribution in [0.3, 0.4) is 0 Å². The van der Waals surface area contributed by atoms with Crippen LogP contribution in [0.4, 0.5) is 5.69 Å². The Labute approximate surface area is 128 Å². The van der Waals surface area contributed by atoms with Gasteiger partial charge >= 0.3 is 0 Å². The first-order valence-electron chi connectivity index (χ1n) is 6.49. The molecule has 0 atom stereocenters. The average Bonchev–Trinajstić information content (AvgIpc) is 3.20. The van der Waals surface area contributed by atoms with Crippen LogP contribution in [0.25, 0.3) is 0 Å². The van der Waals surface area contributed by atoms with E-state index in [1.165, 1.54) is 25.2 Å². The van der Waals surface area contributed by atoms with E-state index < -0.39 is 10.0 Å². The Bertz CT molecular complexity index is 695. The van der Waals surface area contributed by atoms with Crippen molar-refractivity contribution in [2.75, 3.05) is 17.6 Å². The van der Waals surface area contributed by atoms with E-state index in [0.29, 0.717) is 11.3 Å². The molecular weight excluding hydrogens is 314 g/mol. The first-order chi connectivity index (χ1) is 9.70. The molecule has 1 fully saturated rings. The summed E-state index contributed by atoms with van der Waals surface area (Å²) in [6.07, 6.45) is 2.68. The number of rotatable bonds is 6. The monoisotopic (exact) mass is 329 g/mol. The van der Waals surface area contributed by atoms with Gasteiger partial charge < -0.3 is 0 Å². The second-order valence-electron chi connectivity index (χ2n) is 5.24. The van der Waals surface area contributed by atoms with Crippen LogP contribution in [-0.4, -0.2) is 33.3 Å². The zero-order valence-corrected chi connectivity index (χ0v) is 13.4. The largest absolute Gasteiger partial charge is 0.299 e. The van der Waals surface area contributed by atoms with Gasteiger partial charge in [-0.25, -0.2) is 8.42 Å². The minimum absolute atomic E-state index is 0.0338. The maximum atomic E-state index is 12.0. The number of anilines is 1. The number of carbonyl (C=O) groups is 2. The van der Waals surface area contributed by atoms with Crippen molar-refractivity contribution in [1.82, 2.24) is 0 Å². The number of benzene rings is 1. The second-order valence-corrected chi connectivity index (χ2v) is 7.66. The van der Waals surface area contributed by atoms with Crippen molar-refractivity contribution < 1.29 is 18.0 Å². The normalized spacial score (nSPS) is 14.8. The predicted octanol–water partition coefficient (Wildman–Crippen LogP) is 2.29. The lowest BCUT2D eigenvalue weighted by Gasteiger charge is -2.18. The third kappa shape index (κ3) is 3.83. The average molecular weight is 330 g/mol. The Morgan fingerprint density at radius 2 is 1.95 bits per heavy atom. The minimum Gasteiger partial charge on any atom is -0.299 e. The highest BCUT2D eigenvalue weighted by atomic mass is 35.5. The van der Waals surface area contributed by atoms with E-state index in [4.69, 9.17) is 11.6 Å². The Morgan fingerprint density at radius 3 is 2.43 bits per heavy atom. The maximum absolute atomic E-state index is 12.0. The predicted molar refractivity (Wildman–Crippen MR) is 81.4 cm³/mol. The lowest BCUT2D eigenvalue weighted by atomic mass is 10.0. The zero-order chi connectivity index (χ0) is 15.8. The number of halogens is 1. The number of carbonyl (C=O) groups excluding carboxylic acids is 2. The number of Topliss-reactive ketones (excluding diaryl/α,β-unsaturated/α-hetero) is 2. The van der Waals surface area contributed by atoms with Crippen molar-refractivity contribution >= 4 is 38.9 Å². The molecule has 2 rings (SSSR count). The van der Waals surface area contributed by atoms with Gasteiger partial charge in [0.2, 0.25) is 10.0 Å². The molecule has 114 valence electrons. The summed E-state index contributed by atoms with van der Waals surface area (Å²) < 4.78 is 24.0. The molecule has 0 heterocycles. The molecule has 1 aliphatic rings. The fourth-order valence-corrected chi connectivity index (χ4v) is 2.80. The highest BCUT2D eigenvalue weighted by molar-refractivity contribution is 7.92. The molecular formula is C14H16ClNO4S. The fourth-order valence-electron chi connectivity index (χ4n) is 1.92. The summed E-state index contributed by atoms with van der Waals surface area (Å²) in [7, 11) is -2.04. The van der Waals surface area contributed by atoms with E-state index in [1.807, 2.05) is 0 Å². The van der Waals surface area contributed by atoms with E-state index in [0.717, 1.165) is 23.4 Å². The molecule has 0 unspecified atom stereocenters. The minimum atomic E-state index is -3.42. The van der Waals surface area contributed by atoms with Crippen LogP contribution in [0.2, 0.25) is 5.02 Å². The highest BCUT2D eigenvalue weighted by Crippen LogP contribution is 2.32. The molecule has 0 N–H and O–H groups in total. The molecule has 21 heavy (non-hydrogen) atoms. The van der Waals surface area contributed by atoms with E-state index in [9.17, 15) is 18.0 Å². The van der Waals surface area contributed by atoms with Crippen LogP contribution in [0.15, 0.2) is 18.2 Å². The highest BCUT2D eigenvalue weighted by Gasteiger charge is 2.30. The molecule has 1 aromatic rings. The lowest BCUT2D eigenvalue weighted by Crippen LogP contribution is -2.25. The van der Waals surface area contributed by atoms with Gasteiger partial charge in [0.05, 0.1) is 23.4 Å². The van der Waals surface area contributed by atoms with Crippen molar-refractivity contribution in [1.29, 1.82) is 0 Å². The first kappa shape index (κ1) is 16.0. The van der Waals surface area contributed by atoms with Crippen molar-refractivity contribution in [3.05, 3.63) is 28.8 Å². The second kappa shape index (κ2) is 5.77. The molecule has 1 saturated carbocycles. The summed E-state index contributed by atoms with van der Waals surface area (Å²) in [5.41, 5.74) is 0.615. The molecule has 0 aromatic heterocycles. The van der Waals surface area contributed by atoms with Gasteiger partial charge in [0, 0.05) is 18.5 Å². The van der Waals surface area contributed by atoms with Crippen molar-refractivity contribution in [2.24, 2.45) is 5.92 Å². The lowest BCUT2D eigenvalue weighted by molar-refractivity contribution is -0.119. The molecule has 1 aliphatic carbocycles. The Hall–Kier alpha value is -1.40. The summed E-state index contributed by atoms with van der Waals surface area (Å²) in [5, 5.41) is 0.160. The smallest absolute Gasteiger partial charge is 0.232 e. The number of sulfonamides is 1. The maximum Gasteiger partial charge on any atom is 0.232 e. The Kier molecular flexibility index (Phi) is 4.39. The Morgan fingerprint density at radius 1 is 1.33 bits per heavy atom. The standard InChI is InChI=1S/C14H16ClNO4S/c1-16(21(2,19)20)12-6-5-10(7-11(12)15)14(18)8-13(17)9-3-4-9/h5-7,9H,3-4,8H2,1-2H3. The molecule has 1 aromatic carbocycles. The topological polar surface area (TPSA) is 71.5 Å². The van der Waals surface area contributed by atoms with Crippen LogP contribution in [0.5, 0.6) is 0 Å². The Balaban J connectivity index is 2.18. The molecule has 0 amide bonds. The molecule has 0 saturated heterocycles. The quantitative estimate of drug-likeness (QED) is 0.593. The fraction of sp³-hybridized carbons (Fsp3) is 0.429. The zero-order valence-electron chi connectivity index (χ0n) is 11.8. The number of hydrogen-bond acceptors (Lipinski definition) is 4. The first-order valence-corrected chi connectivity index (χ1v) is 8.72. The number of nitrogens with zero attached hydrogens (tertiary/aromatic N) is 1. The number of ketones is 2. The van der Waals surface area contributed by atoms with Crippen molar-refractivity contribution in [2.45, 2.75) is 19.3 Å². The van der Waals surface area contributed by atoms with Gasteiger partial charge in [-0.15, -0.1) is 0 Å². The summed E-state index contributed by atoms with van der Waals surface area (Å²) >= 11 is 6.04. The van der Waals surface area contributed by atoms with Crippen LogP contribution in [0.1, 0.15) is 29.6 Å². The van der Waals surface area contributed by atoms with E-state index in [1.54, 1.807) is 0 Å². The van der Waals surface area contributed by atoms with Gasteiger partial charge in [0.25, 0.3) is 0 Å².